The van der Waals surface area contributed by atoms with E-state index in [-0.39, 0.29) is 68.9 Å². The van der Waals surface area contributed by atoms with Crippen LogP contribution in [0.2, 0.25) is 0 Å². The van der Waals surface area contributed by atoms with Crippen LogP contribution in [-0.2, 0) is 27.5 Å². The number of fused-ring (bicyclic) bond motifs is 2. The average molecular weight is 989 g/mol. The van der Waals surface area contributed by atoms with Crippen molar-refractivity contribution in [2.75, 3.05) is 26.1 Å². The topological polar surface area (TPSA) is 110 Å². The van der Waals surface area contributed by atoms with E-state index in [1.165, 1.54) is 44.2 Å². The molecule has 6 atom stereocenters. The Hall–Kier alpha value is -4.94. The van der Waals surface area contributed by atoms with E-state index < -0.39 is 17.7 Å². The number of allylic oxidation sites excluding steroid dienone is 1. The minimum atomic E-state index is -1.42. The number of halogens is 1. The molecule has 0 aromatic heterocycles. The number of benzene rings is 4. The number of carbonyl (C=O) groups is 1. The van der Waals surface area contributed by atoms with Crippen molar-refractivity contribution >= 4 is 23.4 Å². The van der Waals surface area contributed by atoms with E-state index >= 15 is 4.79 Å². The first-order valence-electron chi connectivity index (χ1n) is 26.4. The number of thioether (sulfide) groups is 1. The Morgan fingerprint density at radius 2 is 1.54 bits per heavy atom. The van der Waals surface area contributed by atoms with Gasteiger partial charge in [-0.25, -0.2) is 4.39 Å². The van der Waals surface area contributed by atoms with E-state index in [0.717, 1.165) is 90.0 Å². The molecule has 0 bridgehead atoms. The summed E-state index contributed by atoms with van der Waals surface area (Å²) in [5, 5.41) is 25.2. The van der Waals surface area contributed by atoms with Gasteiger partial charge < -0.3 is 34.2 Å². The molecule has 382 valence electrons. The number of hydrogen-bond donors (Lipinski definition) is 2. The van der Waals surface area contributed by atoms with E-state index in [0.29, 0.717) is 30.8 Å². The van der Waals surface area contributed by atoms with Crippen LogP contribution in [0, 0.1) is 23.6 Å². The Labute approximate surface area is 426 Å². The van der Waals surface area contributed by atoms with Crippen LogP contribution in [0.15, 0.2) is 131 Å². The summed E-state index contributed by atoms with van der Waals surface area (Å²) in [6.45, 7) is 7.16. The number of ether oxygens (including phenoxy) is 3. The van der Waals surface area contributed by atoms with Crippen LogP contribution >= 0.6 is 11.8 Å². The van der Waals surface area contributed by atoms with Crippen LogP contribution in [0.3, 0.4) is 0 Å². The van der Waals surface area contributed by atoms with Crippen molar-refractivity contribution in [2.45, 2.75) is 152 Å². The summed E-state index contributed by atoms with van der Waals surface area (Å²) < 4.78 is 35.9. The lowest BCUT2D eigenvalue weighted by Crippen LogP contribution is -2.70. The first kappa shape index (κ1) is 53.8. The summed E-state index contributed by atoms with van der Waals surface area (Å²) in [6, 6.07) is 29.8. The van der Waals surface area contributed by atoms with Gasteiger partial charge in [0.05, 0.1) is 18.2 Å². The smallest absolute Gasteiger partial charge is 0.239 e. The third-order valence-electron chi connectivity index (χ3n) is 14.6. The second kappa shape index (κ2) is 27.8. The summed E-state index contributed by atoms with van der Waals surface area (Å²) in [5.41, 5.74) is 4.45. The number of carbonyl (C=O) groups excluding carboxylic acids is 1. The predicted octanol–water partition coefficient (Wildman–Crippen LogP) is 14.1. The number of nitrogens with zero attached hydrogens (tertiary/aromatic N) is 2. The van der Waals surface area contributed by atoms with Gasteiger partial charge in [-0.15, -0.1) is 18.3 Å². The zero-order chi connectivity index (χ0) is 49.8. The van der Waals surface area contributed by atoms with Crippen molar-refractivity contribution in [2.24, 2.45) is 22.9 Å². The molecule has 4 aromatic carbocycles. The van der Waals surface area contributed by atoms with Crippen molar-refractivity contribution in [3.63, 3.8) is 0 Å². The lowest BCUT2D eigenvalue weighted by atomic mass is 9.55. The van der Waals surface area contributed by atoms with E-state index in [2.05, 4.69) is 44.0 Å². The van der Waals surface area contributed by atoms with Gasteiger partial charge in [0.2, 0.25) is 11.7 Å². The van der Waals surface area contributed by atoms with Crippen LogP contribution in [0.25, 0.3) is 0 Å². The number of rotatable bonds is 30. The maximum absolute atomic E-state index is 15.3. The quantitative estimate of drug-likeness (QED) is 0.0230. The third-order valence-corrected chi connectivity index (χ3v) is 15.4. The van der Waals surface area contributed by atoms with Gasteiger partial charge in [-0.3, -0.25) is 4.79 Å². The maximum atomic E-state index is 15.3. The largest absolute Gasteiger partial charge is 0.459 e. The molecule has 0 radical (unpaired) electrons. The van der Waals surface area contributed by atoms with E-state index in [9.17, 15) is 14.6 Å². The fourth-order valence-corrected chi connectivity index (χ4v) is 11.5. The summed E-state index contributed by atoms with van der Waals surface area (Å²) >= 11 is 1.68. The standard InChI is InChI=1S/C60H77FN2O7S/c1-4-6-7-8-9-10-11-12-16-25-57(66)63(42-44-26-28-47(61)29-27-44)56-41-54(62-68-43-45-21-14-13-15-22-45)52-39-46(23-17-19-36-64)51(24-18-20-37-65)58-53-40-49(69-48-30-33-50(71-3)34-31-48)32-35-55(53)70-60(56,59(52)58)67-38-5-2/h5,13-15,21-22,26-35,39-40,46,51,56,58-59,64-65H,2,4,6-12,16-20,23-25,36-38,41-43H2,1,3H3/t46-,51+,56-,58+,59+,60+/m0/s1. The molecule has 0 saturated heterocycles. The highest BCUT2D eigenvalue weighted by molar-refractivity contribution is 7.98. The van der Waals surface area contributed by atoms with Crippen LogP contribution in [0.5, 0.6) is 17.2 Å². The number of hydrogen-bond acceptors (Lipinski definition) is 9. The van der Waals surface area contributed by atoms with Gasteiger partial charge in [0, 0.05) is 49.0 Å². The van der Waals surface area contributed by atoms with Gasteiger partial charge >= 0.3 is 0 Å². The molecule has 1 aliphatic heterocycles. The van der Waals surface area contributed by atoms with Gasteiger partial charge in [0.25, 0.3) is 0 Å². The van der Waals surface area contributed by atoms with Crippen LogP contribution in [-0.4, -0.2) is 64.6 Å². The Bertz CT molecular complexity index is 2330. The fraction of sp³-hybridized carbons (Fsp3) is 0.500. The first-order valence-corrected chi connectivity index (χ1v) is 27.6. The SMILES string of the molecule is C=CCO[C@@]12Oc3ccc(Oc4ccc(SC)cc4)cc3[C@H]3[C@H](CCCCO)[C@@H](CCCCO)C=C(C(=NOCc4ccccc4)C[C@@H]1N(Cc1ccc(F)cc1)C(=O)CCCCCCCCCCC)[C@H]32. The highest BCUT2D eigenvalue weighted by atomic mass is 32.2. The van der Waals surface area contributed by atoms with Gasteiger partial charge in [0.15, 0.2) is 0 Å². The monoisotopic (exact) mass is 989 g/mol. The highest BCUT2D eigenvalue weighted by Crippen LogP contribution is 2.62. The Kier molecular flexibility index (Phi) is 21.1. The Balaban J connectivity index is 1.37. The minimum absolute atomic E-state index is 0.0276. The highest BCUT2D eigenvalue weighted by Gasteiger charge is 2.65. The second-order valence-electron chi connectivity index (χ2n) is 19.5. The molecule has 1 heterocycles. The molecule has 9 nitrogen and oxygen atoms in total. The minimum Gasteiger partial charge on any atom is -0.459 e. The molecular formula is C60H77FN2O7S. The molecule has 0 unspecified atom stereocenters. The first-order chi connectivity index (χ1) is 34.8. The molecular weight excluding hydrogens is 912 g/mol. The summed E-state index contributed by atoms with van der Waals surface area (Å²) in [4.78, 5) is 24.7. The summed E-state index contributed by atoms with van der Waals surface area (Å²) in [6.07, 6.45) is 21.5. The molecule has 3 aliphatic rings. The van der Waals surface area contributed by atoms with Crippen LogP contribution in [0.4, 0.5) is 4.39 Å². The number of aliphatic hydroxyl groups excluding tert-OH is 2. The maximum Gasteiger partial charge on any atom is 0.239 e. The molecule has 2 N–H and O–H groups in total. The van der Waals surface area contributed by atoms with Crippen molar-refractivity contribution in [3.05, 3.63) is 144 Å². The molecule has 11 heteroatoms. The van der Waals surface area contributed by atoms with Crippen LogP contribution < -0.4 is 9.47 Å². The normalized spacial score (nSPS) is 21.7. The number of aliphatic hydroxyl groups is 2. The molecule has 1 amide bonds. The van der Waals surface area contributed by atoms with Crippen molar-refractivity contribution in [1.29, 1.82) is 0 Å². The molecule has 1 fully saturated rings. The summed E-state index contributed by atoms with van der Waals surface area (Å²) in [5.74, 6) is -0.323. The van der Waals surface area contributed by atoms with Gasteiger partial charge in [-0.1, -0.05) is 131 Å². The number of amides is 1. The van der Waals surface area contributed by atoms with Crippen LogP contribution in [0.1, 0.15) is 139 Å². The lowest BCUT2D eigenvalue weighted by Gasteiger charge is -2.60. The zero-order valence-corrected chi connectivity index (χ0v) is 43.0. The molecule has 4 aromatic rings. The van der Waals surface area contributed by atoms with E-state index in [4.69, 9.17) is 24.2 Å². The second-order valence-corrected chi connectivity index (χ2v) is 20.4. The molecule has 7 rings (SSSR count). The fourth-order valence-electron chi connectivity index (χ4n) is 11.1. The van der Waals surface area contributed by atoms with E-state index in [1.807, 2.05) is 59.5 Å². The van der Waals surface area contributed by atoms with Crippen molar-refractivity contribution in [1.82, 2.24) is 4.90 Å². The molecule has 0 spiro atoms. The molecule has 71 heavy (non-hydrogen) atoms. The molecule has 1 saturated carbocycles. The predicted molar refractivity (Wildman–Crippen MR) is 283 cm³/mol. The number of oxime groups is 1. The van der Waals surface area contributed by atoms with Gasteiger partial charge in [0.1, 0.15) is 35.7 Å². The van der Waals surface area contributed by atoms with Gasteiger partial charge in [-0.05, 0) is 121 Å². The van der Waals surface area contributed by atoms with Gasteiger partial charge in [-0.2, -0.15) is 0 Å². The number of unbranched alkanes of at least 4 members (excludes halogenated alkanes) is 10. The zero-order valence-electron chi connectivity index (χ0n) is 42.2. The van der Waals surface area contributed by atoms with Crippen molar-refractivity contribution < 1.29 is 38.4 Å². The van der Waals surface area contributed by atoms with Crippen molar-refractivity contribution in [3.8, 4) is 17.2 Å². The van der Waals surface area contributed by atoms with E-state index in [1.54, 1.807) is 30.0 Å². The molecule has 2 aliphatic carbocycles. The third kappa shape index (κ3) is 14.2. The summed E-state index contributed by atoms with van der Waals surface area (Å²) in [7, 11) is 0. The lowest BCUT2D eigenvalue weighted by molar-refractivity contribution is -0.258. The Morgan fingerprint density at radius 3 is 2.23 bits per heavy atom. The Morgan fingerprint density at radius 1 is 0.845 bits per heavy atom. The average Bonchev–Trinajstić information content (AvgIpc) is 3.39.